The number of carbonyl (C=O) groups excluding carboxylic acids is 1. The van der Waals surface area contributed by atoms with Gasteiger partial charge in [0.15, 0.2) is 0 Å². The van der Waals surface area contributed by atoms with Crippen molar-refractivity contribution in [3.8, 4) is 5.75 Å². The molecular weight excluding hydrogens is 488 g/mol. The van der Waals surface area contributed by atoms with Gasteiger partial charge in [0.05, 0.1) is 12.2 Å². The molecule has 6 heteroatoms. The van der Waals surface area contributed by atoms with Crippen molar-refractivity contribution in [2.75, 3.05) is 46.9 Å². The van der Waals surface area contributed by atoms with Crippen LogP contribution in [0.3, 0.4) is 0 Å². The third-order valence-electron chi connectivity index (χ3n) is 7.99. The molecule has 4 rings (SSSR count). The lowest BCUT2D eigenvalue weighted by Gasteiger charge is -2.41. The zero-order valence-electron chi connectivity index (χ0n) is 23.3. The third-order valence-corrected chi connectivity index (χ3v) is 7.99. The summed E-state index contributed by atoms with van der Waals surface area (Å²) in [7, 11) is 3.65. The average Bonchev–Trinajstić information content (AvgIpc) is 2.98. The number of unbranched alkanes of at least 4 members (excludes halogenated alkanes) is 1. The molecule has 0 saturated carbocycles. The Balaban J connectivity index is 1.51. The Morgan fingerprint density at radius 1 is 0.897 bits per heavy atom. The lowest BCUT2D eigenvalue weighted by Crippen LogP contribution is -2.49. The van der Waals surface area contributed by atoms with Crippen LogP contribution in [0.4, 0.5) is 0 Å². The number of piperidine rings is 1. The zero-order valence-corrected chi connectivity index (χ0v) is 23.3. The van der Waals surface area contributed by atoms with Crippen LogP contribution >= 0.6 is 0 Å². The van der Waals surface area contributed by atoms with Gasteiger partial charge < -0.3 is 24.7 Å². The topological polar surface area (TPSA) is 73.2 Å². The number of likely N-dealkylation sites (N-methyl/N-ethyl adjacent to an activating group) is 1. The Morgan fingerprint density at radius 2 is 1.46 bits per heavy atom. The number of para-hydroxylation sites is 1. The summed E-state index contributed by atoms with van der Waals surface area (Å²) < 4.78 is 6.00. The Morgan fingerprint density at radius 3 is 2.03 bits per heavy atom. The van der Waals surface area contributed by atoms with Crippen LogP contribution in [-0.4, -0.2) is 72.9 Å². The van der Waals surface area contributed by atoms with Crippen LogP contribution in [0.25, 0.3) is 0 Å². The number of carbonyl (C=O) groups is 1. The van der Waals surface area contributed by atoms with Crippen molar-refractivity contribution >= 4 is 5.91 Å². The van der Waals surface area contributed by atoms with E-state index in [4.69, 9.17) is 9.84 Å². The molecule has 0 aliphatic carbocycles. The van der Waals surface area contributed by atoms with Gasteiger partial charge >= 0.3 is 0 Å². The highest BCUT2D eigenvalue weighted by molar-refractivity contribution is 5.91. The van der Waals surface area contributed by atoms with Crippen LogP contribution in [0.15, 0.2) is 84.9 Å². The van der Waals surface area contributed by atoms with Crippen molar-refractivity contribution in [1.82, 2.24) is 9.80 Å². The maximum absolute atomic E-state index is 13.9. The fourth-order valence-corrected chi connectivity index (χ4v) is 5.75. The van der Waals surface area contributed by atoms with E-state index in [1.807, 2.05) is 74.8 Å². The van der Waals surface area contributed by atoms with Gasteiger partial charge in [0.2, 0.25) is 5.91 Å². The molecule has 1 amide bonds. The molecule has 1 aliphatic rings. The summed E-state index contributed by atoms with van der Waals surface area (Å²) in [5.41, 5.74) is 1.07. The molecule has 0 radical (unpaired) electrons. The number of benzene rings is 3. The molecule has 0 aromatic heterocycles. The number of rotatable bonds is 12. The summed E-state index contributed by atoms with van der Waals surface area (Å²) >= 11 is 0. The molecule has 1 heterocycles. The predicted molar refractivity (Wildman–Crippen MR) is 155 cm³/mol. The summed E-state index contributed by atoms with van der Waals surface area (Å²) in [4.78, 5) is 18.0. The van der Waals surface area contributed by atoms with Crippen molar-refractivity contribution in [3.63, 3.8) is 0 Å². The Bertz CT molecular complexity index is 1140. The van der Waals surface area contributed by atoms with Gasteiger partial charge in [-0.15, -0.1) is 0 Å². The quantitative estimate of drug-likeness (QED) is 0.335. The molecule has 1 saturated heterocycles. The molecule has 3 aromatic rings. The monoisotopic (exact) mass is 530 g/mol. The fraction of sp³-hybridized carbons (Fsp3) is 0.424. The maximum atomic E-state index is 13.9. The third kappa shape index (κ3) is 6.52. The normalized spacial score (nSPS) is 15.6. The number of hydrogen-bond acceptors (Lipinski definition) is 5. The van der Waals surface area contributed by atoms with Crippen molar-refractivity contribution in [2.45, 2.75) is 43.1 Å². The fourth-order valence-electron chi connectivity index (χ4n) is 5.75. The van der Waals surface area contributed by atoms with Gasteiger partial charge in [0.1, 0.15) is 11.2 Å². The number of nitrogens with zero attached hydrogens (tertiary/aromatic N) is 2. The number of aliphatic hydroxyl groups excluding tert-OH is 1. The molecule has 1 aliphatic heterocycles. The van der Waals surface area contributed by atoms with Gasteiger partial charge in [-0.25, -0.2) is 0 Å². The van der Waals surface area contributed by atoms with Gasteiger partial charge in [-0.2, -0.15) is 0 Å². The summed E-state index contributed by atoms with van der Waals surface area (Å²) in [6.45, 7) is 2.86. The Hall–Kier alpha value is -3.19. The van der Waals surface area contributed by atoms with Crippen molar-refractivity contribution in [2.24, 2.45) is 0 Å². The smallest absolute Gasteiger partial charge is 0.237 e. The van der Waals surface area contributed by atoms with Gasteiger partial charge in [-0.05, 0) is 55.8 Å². The highest BCUT2D eigenvalue weighted by Gasteiger charge is 2.44. The van der Waals surface area contributed by atoms with Crippen LogP contribution in [0, 0.1) is 0 Å². The van der Waals surface area contributed by atoms with E-state index in [9.17, 15) is 9.90 Å². The van der Waals surface area contributed by atoms with Crippen LogP contribution < -0.4 is 4.74 Å². The molecule has 0 unspecified atom stereocenters. The minimum atomic E-state index is -0.959. The van der Waals surface area contributed by atoms with Gasteiger partial charge in [-0.3, -0.25) is 4.79 Å². The van der Waals surface area contributed by atoms with Crippen LogP contribution in [0.5, 0.6) is 5.75 Å². The summed E-state index contributed by atoms with van der Waals surface area (Å²) in [6, 6.07) is 27.9. The van der Waals surface area contributed by atoms with Crippen LogP contribution in [0.2, 0.25) is 0 Å². The molecule has 39 heavy (non-hydrogen) atoms. The summed E-state index contributed by atoms with van der Waals surface area (Å²) in [6.07, 6.45) is 3.30. The van der Waals surface area contributed by atoms with E-state index in [-0.39, 0.29) is 12.5 Å². The second kappa shape index (κ2) is 13.2. The zero-order chi connectivity index (χ0) is 27.7. The molecule has 1 fully saturated rings. The molecule has 208 valence electrons. The second-order valence-electron chi connectivity index (χ2n) is 10.7. The van der Waals surface area contributed by atoms with E-state index in [0.29, 0.717) is 32.3 Å². The number of aliphatic hydroxyl groups is 2. The largest absolute Gasteiger partial charge is 0.493 e. The second-order valence-corrected chi connectivity index (χ2v) is 10.7. The van der Waals surface area contributed by atoms with E-state index in [1.54, 1.807) is 4.90 Å². The minimum absolute atomic E-state index is 0.0701. The maximum Gasteiger partial charge on any atom is 0.237 e. The van der Waals surface area contributed by atoms with E-state index >= 15 is 0 Å². The molecule has 6 nitrogen and oxygen atoms in total. The van der Waals surface area contributed by atoms with E-state index < -0.39 is 11.0 Å². The Kier molecular flexibility index (Phi) is 9.78. The first-order valence-electron chi connectivity index (χ1n) is 14.0. The first-order valence-corrected chi connectivity index (χ1v) is 14.0. The van der Waals surface area contributed by atoms with Crippen LogP contribution in [0.1, 0.15) is 48.8 Å². The van der Waals surface area contributed by atoms with Gasteiger partial charge in [0, 0.05) is 39.4 Å². The van der Waals surface area contributed by atoms with Crippen molar-refractivity contribution in [3.05, 3.63) is 102 Å². The molecular formula is C33H42N2O4. The minimum Gasteiger partial charge on any atom is -0.493 e. The van der Waals surface area contributed by atoms with E-state index in [2.05, 4.69) is 29.2 Å². The van der Waals surface area contributed by atoms with Crippen molar-refractivity contribution in [1.29, 1.82) is 0 Å². The summed E-state index contributed by atoms with van der Waals surface area (Å²) in [5.74, 6) is 0.788. The lowest BCUT2D eigenvalue weighted by atomic mass is 9.70. The standard InChI is InChI=1S/C33H42N2O4/c1-34(2)31(37)33(27-13-5-3-6-14-27,28-15-7-4-8-16-28)21-24-35-22-19-32(38,20-23-35)29-17-9-10-18-30(29)39-26-12-11-25-36/h3-10,13-18,36,38H,11-12,19-26H2,1-2H3. The number of likely N-dealkylation sites (tertiary alicyclic amines) is 1. The van der Waals surface area contributed by atoms with Crippen molar-refractivity contribution < 1.29 is 19.7 Å². The molecule has 0 atom stereocenters. The highest BCUT2D eigenvalue weighted by Crippen LogP contribution is 2.40. The predicted octanol–water partition coefficient (Wildman–Crippen LogP) is 4.59. The SMILES string of the molecule is CN(C)C(=O)C(CCN1CCC(O)(c2ccccc2OCCCCO)CC1)(c1ccccc1)c1ccccc1. The molecule has 0 bridgehead atoms. The van der Waals surface area contributed by atoms with Crippen LogP contribution in [-0.2, 0) is 15.8 Å². The number of amides is 1. The van der Waals surface area contributed by atoms with Gasteiger partial charge in [-0.1, -0.05) is 78.9 Å². The van der Waals surface area contributed by atoms with Gasteiger partial charge in [0.25, 0.3) is 0 Å². The average molecular weight is 531 g/mol. The van der Waals surface area contributed by atoms with E-state index in [0.717, 1.165) is 48.5 Å². The first-order chi connectivity index (χ1) is 18.9. The highest BCUT2D eigenvalue weighted by atomic mass is 16.5. The molecule has 3 aromatic carbocycles. The lowest BCUT2D eigenvalue weighted by molar-refractivity contribution is -0.133. The summed E-state index contributed by atoms with van der Waals surface area (Å²) in [5, 5.41) is 20.7. The molecule has 2 N–H and O–H groups in total. The molecule has 0 spiro atoms. The Labute approximate surface area is 232 Å². The number of ether oxygens (including phenoxy) is 1. The first kappa shape index (κ1) is 28.8. The van der Waals surface area contributed by atoms with E-state index in [1.165, 1.54) is 0 Å². The number of hydrogen-bond donors (Lipinski definition) is 2.